The Morgan fingerprint density at radius 3 is 2.79 bits per heavy atom. The first-order valence-electron chi connectivity index (χ1n) is 7.02. The summed E-state index contributed by atoms with van der Waals surface area (Å²) in [6, 6.07) is 7.94. The number of carbonyl (C=O) groups excluding carboxylic acids is 1. The van der Waals surface area contributed by atoms with Crippen LogP contribution in [0.3, 0.4) is 0 Å². The lowest BCUT2D eigenvalue weighted by atomic mass is 10.1. The molecule has 1 heterocycles. The fraction of sp³-hybridized carbons (Fsp3) is 0.533. The van der Waals surface area contributed by atoms with E-state index in [4.69, 9.17) is 4.74 Å². The van der Waals surface area contributed by atoms with Crippen LogP contribution in [0.25, 0.3) is 0 Å². The van der Waals surface area contributed by atoms with Crippen LogP contribution in [0.2, 0.25) is 0 Å². The quantitative estimate of drug-likeness (QED) is 0.760. The van der Waals surface area contributed by atoms with E-state index in [0.717, 1.165) is 30.8 Å². The number of para-hydroxylation sites is 1. The van der Waals surface area contributed by atoms with Gasteiger partial charge < -0.3 is 15.0 Å². The Kier molecular flexibility index (Phi) is 5.21. The predicted molar refractivity (Wildman–Crippen MR) is 74.5 cm³/mol. The van der Waals surface area contributed by atoms with E-state index in [1.165, 1.54) is 17.7 Å². The van der Waals surface area contributed by atoms with Crippen LogP contribution in [0.4, 0.5) is 0 Å². The summed E-state index contributed by atoms with van der Waals surface area (Å²) in [6.45, 7) is 3.57. The molecule has 0 aliphatic carbocycles. The molecule has 1 aromatic rings. The molecule has 1 fully saturated rings. The number of hydrogen-bond donors (Lipinski definition) is 2. The van der Waals surface area contributed by atoms with Gasteiger partial charge in [0.2, 0.25) is 0 Å². The second-order valence-corrected chi connectivity index (χ2v) is 5.05. The molecule has 19 heavy (non-hydrogen) atoms. The molecule has 0 spiro atoms. The van der Waals surface area contributed by atoms with Crippen molar-refractivity contribution in [3.05, 3.63) is 29.8 Å². The van der Waals surface area contributed by atoms with E-state index in [0.29, 0.717) is 13.1 Å². The van der Waals surface area contributed by atoms with Gasteiger partial charge in [-0.2, -0.15) is 0 Å². The summed E-state index contributed by atoms with van der Waals surface area (Å²) >= 11 is 0. The van der Waals surface area contributed by atoms with E-state index in [2.05, 4.69) is 5.32 Å². The van der Waals surface area contributed by atoms with Crippen molar-refractivity contribution in [2.75, 3.05) is 33.3 Å². The molecule has 1 aliphatic rings. The van der Waals surface area contributed by atoms with E-state index in [9.17, 15) is 4.79 Å². The second kappa shape index (κ2) is 7.14. The van der Waals surface area contributed by atoms with Gasteiger partial charge in [-0.3, -0.25) is 4.79 Å². The van der Waals surface area contributed by atoms with E-state index < -0.39 is 0 Å². The summed E-state index contributed by atoms with van der Waals surface area (Å²) in [5, 5.41) is 2.99. The van der Waals surface area contributed by atoms with Gasteiger partial charge in [0.15, 0.2) is 6.54 Å². The first kappa shape index (κ1) is 13.9. The molecule has 1 saturated heterocycles. The van der Waals surface area contributed by atoms with Gasteiger partial charge in [0, 0.05) is 19.4 Å². The number of quaternary nitrogens is 1. The minimum atomic E-state index is 0.159. The monoisotopic (exact) mass is 263 g/mol. The van der Waals surface area contributed by atoms with Gasteiger partial charge in [0.25, 0.3) is 5.91 Å². The molecule has 1 aromatic carbocycles. The molecule has 4 heteroatoms. The van der Waals surface area contributed by atoms with Crippen LogP contribution in [-0.4, -0.2) is 39.2 Å². The highest BCUT2D eigenvalue weighted by molar-refractivity contribution is 5.76. The summed E-state index contributed by atoms with van der Waals surface area (Å²) in [5.74, 6) is 1.05. The molecule has 0 atom stereocenters. The Hall–Kier alpha value is -1.55. The molecule has 0 radical (unpaired) electrons. The largest absolute Gasteiger partial charge is 0.496 e. The molecule has 0 unspecified atom stereocenters. The molecular formula is C15H23N2O2+. The Morgan fingerprint density at radius 1 is 1.32 bits per heavy atom. The summed E-state index contributed by atoms with van der Waals surface area (Å²) in [7, 11) is 1.67. The van der Waals surface area contributed by atoms with Crippen molar-refractivity contribution in [1.29, 1.82) is 0 Å². The summed E-state index contributed by atoms with van der Waals surface area (Å²) in [6.07, 6.45) is 3.32. The number of carbonyl (C=O) groups is 1. The van der Waals surface area contributed by atoms with Gasteiger partial charge in [0.1, 0.15) is 5.75 Å². The van der Waals surface area contributed by atoms with E-state index in [1.807, 2.05) is 24.3 Å². The molecule has 1 aliphatic heterocycles. The van der Waals surface area contributed by atoms with Crippen molar-refractivity contribution in [2.45, 2.75) is 19.3 Å². The van der Waals surface area contributed by atoms with Crippen LogP contribution in [0, 0.1) is 0 Å². The number of hydrogen-bond acceptors (Lipinski definition) is 2. The maximum atomic E-state index is 11.8. The highest BCUT2D eigenvalue weighted by Crippen LogP contribution is 2.17. The van der Waals surface area contributed by atoms with Gasteiger partial charge in [0.05, 0.1) is 20.2 Å². The van der Waals surface area contributed by atoms with Gasteiger partial charge in [-0.25, -0.2) is 0 Å². The Morgan fingerprint density at radius 2 is 2.05 bits per heavy atom. The van der Waals surface area contributed by atoms with Crippen molar-refractivity contribution in [1.82, 2.24) is 5.32 Å². The summed E-state index contributed by atoms with van der Waals surface area (Å²) < 4.78 is 5.29. The molecule has 104 valence electrons. The third-order valence-corrected chi connectivity index (χ3v) is 3.63. The lowest BCUT2D eigenvalue weighted by Gasteiger charge is -2.12. The van der Waals surface area contributed by atoms with Crippen LogP contribution in [0.5, 0.6) is 5.75 Å². The summed E-state index contributed by atoms with van der Waals surface area (Å²) in [5.41, 5.74) is 1.14. The highest BCUT2D eigenvalue weighted by Gasteiger charge is 2.18. The maximum absolute atomic E-state index is 11.8. The van der Waals surface area contributed by atoms with E-state index in [1.54, 1.807) is 7.11 Å². The zero-order chi connectivity index (χ0) is 13.5. The molecule has 2 rings (SSSR count). The van der Waals surface area contributed by atoms with Crippen molar-refractivity contribution < 1.29 is 14.4 Å². The third kappa shape index (κ3) is 4.24. The molecule has 0 aromatic heterocycles. The zero-order valence-electron chi connectivity index (χ0n) is 11.6. The number of amides is 1. The van der Waals surface area contributed by atoms with Crippen LogP contribution < -0.4 is 15.0 Å². The predicted octanol–water partition coefficient (Wildman–Crippen LogP) is 0.0326. The fourth-order valence-electron chi connectivity index (χ4n) is 2.59. The normalized spacial score (nSPS) is 15.4. The van der Waals surface area contributed by atoms with Crippen molar-refractivity contribution in [2.24, 2.45) is 0 Å². The minimum absolute atomic E-state index is 0.159. The standard InChI is InChI=1S/C15H22N2O2/c1-19-14-7-3-2-6-13(14)8-9-16-15(18)12-17-10-4-5-11-17/h2-3,6-7H,4-5,8-12H2,1H3,(H,16,18)/p+1. The number of ether oxygens (including phenoxy) is 1. The topological polar surface area (TPSA) is 42.8 Å². The second-order valence-electron chi connectivity index (χ2n) is 5.05. The fourth-order valence-corrected chi connectivity index (χ4v) is 2.59. The Labute approximate surface area is 114 Å². The van der Waals surface area contributed by atoms with Crippen LogP contribution >= 0.6 is 0 Å². The average Bonchev–Trinajstić information content (AvgIpc) is 2.92. The van der Waals surface area contributed by atoms with Crippen LogP contribution in [-0.2, 0) is 11.2 Å². The van der Waals surface area contributed by atoms with Gasteiger partial charge in [-0.15, -0.1) is 0 Å². The highest BCUT2D eigenvalue weighted by atomic mass is 16.5. The molecule has 0 saturated carbocycles. The van der Waals surface area contributed by atoms with Gasteiger partial charge >= 0.3 is 0 Å². The molecule has 2 N–H and O–H groups in total. The SMILES string of the molecule is COc1ccccc1CCNC(=O)C[NH+]1CCCC1. The minimum Gasteiger partial charge on any atom is -0.496 e. The lowest BCUT2D eigenvalue weighted by molar-refractivity contribution is -0.879. The Balaban J connectivity index is 1.72. The molecule has 0 bridgehead atoms. The van der Waals surface area contributed by atoms with Crippen molar-refractivity contribution in [3.63, 3.8) is 0 Å². The molecular weight excluding hydrogens is 240 g/mol. The average molecular weight is 263 g/mol. The smallest absolute Gasteiger partial charge is 0.275 e. The zero-order valence-corrected chi connectivity index (χ0v) is 11.6. The van der Waals surface area contributed by atoms with Gasteiger partial charge in [-0.1, -0.05) is 18.2 Å². The first-order valence-corrected chi connectivity index (χ1v) is 7.02. The number of methoxy groups -OCH3 is 1. The number of nitrogens with one attached hydrogen (secondary N) is 2. The summed E-state index contributed by atoms with van der Waals surface area (Å²) in [4.78, 5) is 13.2. The van der Waals surface area contributed by atoms with Crippen LogP contribution in [0.1, 0.15) is 18.4 Å². The number of benzene rings is 1. The van der Waals surface area contributed by atoms with Gasteiger partial charge in [-0.05, 0) is 18.1 Å². The maximum Gasteiger partial charge on any atom is 0.275 e. The lowest BCUT2D eigenvalue weighted by Crippen LogP contribution is -3.11. The van der Waals surface area contributed by atoms with E-state index in [-0.39, 0.29) is 5.91 Å². The number of rotatable bonds is 6. The first-order chi connectivity index (χ1) is 9.29. The molecule has 1 amide bonds. The van der Waals surface area contributed by atoms with E-state index >= 15 is 0 Å². The Bertz CT molecular complexity index is 414. The third-order valence-electron chi connectivity index (χ3n) is 3.63. The van der Waals surface area contributed by atoms with Crippen LogP contribution in [0.15, 0.2) is 24.3 Å². The van der Waals surface area contributed by atoms with Crippen molar-refractivity contribution in [3.8, 4) is 5.75 Å². The number of likely N-dealkylation sites (tertiary alicyclic amines) is 1. The van der Waals surface area contributed by atoms with Crippen molar-refractivity contribution >= 4 is 5.91 Å². The molecule has 4 nitrogen and oxygen atoms in total.